The van der Waals surface area contributed by atoms with E-state index in [-0.39, 0.29) is 5.92 Å². The number of ether oxygens (including phenoxy) is 1. The highest BCUT2D eigenvalue weighted by Crippen LogP contribution is 2.46. The fourth-order valence-electron chi connectivity index (χ4n) is 4.80. The van der Waals surface area contributed by atoms with Gasteiger partial charge >= 0.3 is 0 Å². The molecule has 0 saturated carbocycles. The minimum atomic E-state index is -0.938. The van der Waals surface area contributed by atoms with Crippen molar-refractivity contribution in [2.24, 2.45) is 5.92 Å². The van der Waals surface area contributed by atoms with Crippen LogP contribution in [-0.2, 0) is 0 Å². The molecule has 0 amide bonds. The average molecular weight is 472 g/mol. The third-order valence-electron chi connectivity index (χ3n) is 6.48. The van der Waals surface area contributed by atoms with E-state index >= 15 is 0 Å². The average Bonchev–Trinajstić information content (AvgIpc) is 3.45. The number of nitrogens with two attached hydrogens (primary N) is 1. The molecule has 0 radical (unpaired) electrons. The summed E-state index contributed by atoms with van der Waals surface area (Å²) in [6.45, 7) is 3.82. The molecular formula is C27H29N5O3. The van der Waals surface area contributed by atoms with Gasteiger partial charge in [0.05, 0.1) is 5.69 Å². The smallest absolute Gasteiger partial charge is 0.212 e. The number of aromatic nitrogens is 1. The molecule has 3 unspecified atom stereocenters. The number of aliphatic hydroxyl groups excluding tert-OH is 2. The van der Waals surface area contributed by atoms with Crippen molar-refractivity contribution >= 4 is 22.9 Å². The van der Waals surface area contributed by atoms with Crippen LogP contribution >= 0.6 is 0 Å². The number of anilines is 4. The molecule has 2 aliphatic heterocycles. The van der Waals surface area contributed by atoms with Crippen molar-refractivity contribution < 1.29 is 14.9 Å². The van der Waals surface area contributed by atoms with Crippen LogP contribution in [0.1, 0.15) is 13.3 Å². The maximum absolute atomic E-state index is 11.4. The van der Waals surface area contributed by atoms with E-state index in [9.17, 15) is 10.2 Å². The van der Waals surface area contributed by atoms with Gasteiger partial charge in [0.2, 0.25) is 6.35 Å². The fraction of sp³-hybridized carbons (Fsp3) is 0.296. The number of likely N-dealkylation sites (tertiary alicyclic amines) is 1. The zero-order chi connectivity index (χ0) is 24.4. The maximum atomic E-state index is 11.4. The summed E-state index contributed by atoms with van der Waals surface area (Å²) >= 11 is 0. The highest BCUT2D eigenvalue weighted by molar-refractivity contribution is 5.89. The molecule has 3 atom stereocenters. The van der Waals surface area contributed by atoms with E-state index < -0.39 is 12.6 Å². The number of pyridine rings is 1. The van der Waals surface area contributed by atoms with Crippen molar-refractivity contribution in [3.05, 3.63) is 66.9 Å². The largest absolute Gasteiger partial charge is 0.457 e. The number of hydrogen-bond acceptors (Lipinski definition) is 8. The number of benzene rings is 2. The van der Waals surface area contributed by atoms with Crippen LogP contribution < -0.4 is 20.3 Å². The second-order valence-electron chi connectivity index (χ2n) is 8.76. The van der Waals surface area contributed by atoms with E-state index in [4.69, 9.17) is 10.5 Å². The zero-order valence-electron chi connectivity index (χ0n) is 19.6. The van der Waals surface area contributed by atoms with Crippen LogP contribution in [0.5, 0.6) is 11.5 Å². The first-order valence-electron chi connectivity index (χ1n) is 11.7. The maximum Gasteiger partial charge on any atom is 0.212 e. The highest BCUT2D eigenvalue weighted by Gasteiger charge is 2.39. The molecule has 1 saturated heterocycles. The molecule has 35 heavy (non-hydrogen) atoms. The zero-order valence-corrected chi connectivity index (χ0v) is 19.6. The van der Waals surface area contributed by atoms with E-state index in [0.717, 1.165) is 30.1 Å². The molecule has 1 fully saturated rings. The molecule has 5 rings (SSSR count). The van der Waals surface area contributed by atoms with Crippen LogP contribution in [0.2, 0.25) is 0 Å². The summed E-state index contributed by atoms with van der Waals surface area (Å²) in [4.78, 5) is 9.99. The Balaban J connectivity index is 1.36. The quantitative estimate of drug-likeness (QED) is 0.471. The van der Waals surface area contributed by atoms with E-state index in [1.807, 2.05) is 70.5 Å². The lowest BCUT2D eigenvalue weighted by atomic mass is 10.1. The summed E-state index contributed by atoms with van der Waals surface area (Å²) in [5.41, 5.74) is 8.59. The molecule has 0 bridgehead atoms. The van der Waals surface area contributed by atoms with E-state index in [1.54, 1.807) is 18.0 Å². The Hall–Kier alpha value is -3.77. The van der Waals surface area contributed by atoms with Gasteiger partial charge in [0, 0.05) is 31.5 Å². The molecule has 4 N–H and O–H groups in total. The van der Waals surface area contributed by atoms with Crippen molar-refractivity contribution in [2.45, 2.75) is 25.9 Å². The molecule has 3 heterocycles. The molecule has 2 aliphatic rings. The summed E-state index contributed by atoms with van der Waals surface area (Å²) in [5.74, 6) is 7.66. The molecule has 8 nitrogen and oxygen atoms in total. The molecule has 2 aromatic carbocycles. The van der Waals surface area contributed by atoms with Crippen molar-refractivity contribution in [1.82, 2.24) is 9.88 Å². The SMILES string of the molecule is CC#CC(O)N1CCC(CN2c3ccnc(N)c3N(c3ccc(Oc4ccccc4)cc3)C2O)C1. The van der Waals surface area contributed by atoms with Crippen molar-refractivity contribution in [3.8, 4) is 23.3 Å². The summed E-state index contributed by atoms with van der Waals surface area (Å²) in [7, 11) is 0. The Morgan fingerprint density at radius 3 is 2.60 bits per heavy atom. The first-order chi connectivity index (χ1) is 17.0. The minimum Gasteiger partial charge on any atom is -0.457 e. The second-order valence-corrected chi connectivity index (χ2v) is 8.76. The first kappa shape index (κ1) is 23.0. The van der Waals surface area contributed by atoms with Crippen LogP contribution in [0.15, 0.2) is 66.9 Å². The molecule has 3 aromatic rings. The number of aliphatic hydroxyl groups is 2. The van der Waals surface area contributed by atoms with Gasteiger partial charge in [-0.05, 0) is 61.7 Å². The monoisotopic (exact) mass is 471 g/mol. The van der Waals surface area contributed by atoms with Gasteiger partial charge in [-0.1, -0.05) is 24.1 Å². The van der Waals surface area contributed by atoms with Gasteiger partial charge in [-0.2, -0.15) is 0 Å². The number of fused-ring (bicyclic) bond motifs is 1. The van der Waals surface area contributed by atoms with Crippen molar-refractivity contribution in [2.75, 3.05) is 35.2 Å². The molecule has 8 heteroatoms. The predicted octanol–water partition coefficient (Wildman–Crippen LogP) is 3.35. The lowest BCUT2D eigenvalue weighted by molar-refractivity contribution is 0.0660. The van der Waals surface area contributed by atoms with Crippen LogP contribution in [0, 0.1) is 17.8 Å². The molecule has 180 valence electrons. The van der Waals surface area contributed by atoms with Crippen LogP contribution in [0.4, 0.5) is 22.9 Å². The molecule has 1 aromatic heterocycles. The van der Waals surface area contributed by atoms with Crippen LogP contribution in [0.25, 0.3) is 0 Å². The lowest BCUT2D eigenvalue weighted by Crippen LogP contribution is -2.43. The molecule has 0 spiro atoms. The Kier molecular flexibility index (Phi) is 6.47. The first-order valence-corrected chi connectivity index (χ1v) is 11.7. The Bertz CT molecular complexity index is 1230. The Morgan fingerprint density at radius 2 is 1.86 bits per heavy atom. The third-order valence-corrected chi connectivity index (χ3v) is 6.48. The number of rotatable bonds is 6. The summed E-state index contributed by atoms with van der Waals surface area (Å²) in [6.07, 6.45) is 0.878. The second kappa shape index (κ2) is 9.84. The number of hydrogen-bond donors (Lipinski definition) is 3. The third kappa shape index (κ3) is 4.62. The standard InChI is InChI=1S/C27H29N5O3/c1-2-6-24(33)30-16-14-19(17-30)18-31-23-13-15-29-26(28)25(23)32(27(31)34)20-9-11-22(12-10-20)35-21-7-4-3-5-8-21/h3-5,7-13,15,19,24,27,33-34H,14,16-18H2,1H3,(H2,28,29). The van der Waals surface area contributed by atoms with E-state index in [2.05, 4.69) is 16.8 Å². The predicted molar refractivity (Wildman–Crippen MR) is 136 cm³/mol. The Morgan fingerprint density at radius 1 is 1.11 bits per heavy atom. The van der Waals surface area contributed by atoms with Gasteiger partial charge in [-0.25, -0.2) is 4.98 Å². The summed E-state index contributed by atoms with van der Waals surface area (Å²) in [6, 6.07) is 19.0. The number of para-hydroxylation sites is 1. The topological polar surface area (TPSA) is 98.3 Å². The van der Waals surface area contributed by atoms with Crippen molar-refractivity contribution in [3.63, 3.8) is 0 Å². The lowest BCUT2D eigenvalue weighted by Gasteiger charge is -2.30. The Labute approximate surface area is 205 Å². The van der Waals surface area contributed by atoms with Crippen molar-refractivity contribution in [1.29, 1.82) is 0 Å². The summed E-state index contributed by atoms with van der Waals surface area (Å²) < 4.78 is 5.91. The van der Waals surface area contributed by atoms with Crippen LogP contribution in [0.3, 0.4) is 0 Å². The van der Waals surface area contributed by atoms with Crippen LogP contribution in [-0.4, -0.2) is 52.3 Å². The van der Waals surface area contributed by atoms with Gasteiger partial charge in [0.25, 0.3) is 0 Å². The van der Waals surface area contributed by atoms with Gasteiger partial charge < -0.3 is 25.6 Å². The van der Waals surface area contributed by atoms with E-state index in [1.165, 1.54) is 0 Å². The highest BCUT2D eigenvalue weighted by atomic mass is 16.5. The minimum absolute atomic E-state index is 0.266. The fourth-order valence-corrected chi connectivity index (χ4v) is 4.80. The van der Waals surface area contributed by atoms with E-state index in [0.29, 0.717) is 30.3 Å². The van der Waals surface area contributed by atoms with Gasteiger partial charge in [0.1, 0.15) is 23.0 Å². The molecule has 0 aliphatic carbocycles. The number of nitrogens with zero attached hydrogens (tertiary/aromatic N) is 4. The van der Waals surface area contributed by atoms with Gasteiger partial charge in [0.15, 0.2) is 6.23 Å². The summed E-state index contributed by atoms with van der Waals surface area (Å²) in [5, 5.41) is 21.7. The molecular weight excluding hydrogens is 442 g/mol. The van der Waals surface area contributed by atoms with Gasteiger partial charge in [-0.15, -0.1) is 5.92 Å². The van der Waals surface area contributed by atoms with Gasteiger partial charge in [-0.3, -0.25) is 9.80 Å². The number of nitrogen functional groups attached to an aromatic ring is 1. The normalized spacial score (nSPS) is 20.3.